The van der Waals surface area contributed by atoms with Crippen LogP contribution in [0.5, 0.6) is 0 Å². The SMILES string of the molecule is C1CCNCC1.[GeH4]. The molecule has 7 heavy (non-hydrogen) atoms. The first-order valence-electron chi connectivity index (χ1n) is 2.71. The summed E-state index contributed by atoms with van der Waals surface area (Å²) in [6, 6.07) is 0. The fourth-order valence-electron chi connectivity index (χ4n) is 0.802. The molecule has 0 saturated carbocycles. The van der Waals surface area contributed by atoms with Crippen molar-refractivity contribution in [2.75, 3.05) is 13.1 Å². The van der Waals surface area contributed by atoms with Crippen LogP contribution >= 0.6 is 0 Å². The van der Waals surface area contributed by atoms with E-state index in [1.165, 1.54) is 32.4 Å². The molecule has 1 N–H and O–H groups in total. The van der Waals surface area contributed by atoms with Crippen LogP contribution in [-0.2, 0) is 0 Å². The molecule has 0 aromatic carbocycles. The second-order valence-corrected chi connectivity index (χ2v) is 1.81. The van der Waals surface area contributed by atoms with Crippen LogP contribution in [0.15, 0.2) is 0 Å². The van der Waals surface area contributed by atoms with Crippen molar-refractivity contribution in [1.29, 1.82) is 0 Å². The van der Waals surface area contributed by atoms with Gasteiger partial charge in [0.2, 0.25) is 0 Å². The molecule has 0 radical (unpaired) electrons. The Balaban J connectivity index is 0.000000360. The first-order chi connectivity index (χ1) is 3.00. The Hall–Kier alpha value is 0.503. The van der Waals surface area contributed by atoms with Gasteiger partial charge in [-0.3, -0.25) is 0 Å². The van der Waals surface area contributed by atoms with E-state index in [-0.39, 0.29) is 17.6 Å². The summed E-state index contributed by atoms with van der Waals surface area (Å²) in [5, 5.41) is 3.28. The molecule has 0 atom stereocenters. The molecule has 1 heterocycles. The monoisotopic (exact) mass is 163 g/mol. The van der Waals surface area contributed by atoms with Gasteiger partial charge < -0.3 is 5.32 Å². The first-order valence-corrected chi connectivity index (χ1v) is 2.71. The van der Waals surface area contributed by atoms with E-state index in [9.17, 15) is 0 Å². The van der Waals surface area contributed by atoms with E-state index in [2.05, 4.69) is 5.32 Å². The molecular weight excluding hydrogens is 147 g/mol. The Labute approximate surface area is 55.8 Å². The van der Waals surface area contributed by atoms with Crippen molar-refractivity contribution >= 4 is 17.6 Å². The van der Waals surface area contributed by atoms with Crippen LogP contribution in [0.25, 0.3) is 0 Å². The minimum absolute atomic E-state index is 0. The summed E-state index contributed by atoms with van der Waals surface area (Å²) in [5.41, 5.74) is 0. The van der Waals surface area contributed by atoms with E-state index in [0.717, 1.165) is 0 Å². The van der Waals surface area contributed by atoms with Crippen LogP contribution in [0.4, 0.5) is 0 Å². The molecule has 0 unspecified atom stereocenters. The van der Waals surface area contributed by atoms with E-state index in [4.69, 9.17) is 0 Å². The molecule has 1 nitrogen and oxygen atoms in total. The van der Waals surface area contributed by atoms with Gasteiger partial charge in [-0.25, -0.2) is 0 Å². The Morgan fingerprint density at radius 3 is 1.57 bits per heavy atom. The number of rotatable bonds is 0. The maximum absolute atomic E-state index is 3.28. The third kappa shape index (κ3) is 3.12. The summed E-state index contributed by atoms with van der Waals surface area (Å²) in [7, 11) is 0. The second-order valence-electron chi connectivity index (χ2n) is 1.81. The summed E-state index contributed by atoms with van der Waals surface area (Å²) < 4.78 is 0. The summed E-state index contributed by atoms with van der Waals surface area (Å²) in [6.45, 7) is 2.50. The van der Waals surface area contributed by atoms with Crippen LogP contribution in [0.1, 0.15) is 19.3 Å². The third-order valence-corrected chi connectivity index (χ3v) is 1.21. The fraction of sp³-hybridized carbons (Fsp3) is 1.00. The van der Waals surface area contributed by atoms with Gasteiger partial charge in [-0.15, -0.1) is 0 Å². The second kappa shape index (κ2) is 4.66. The molecule has 1 saturated heterocycles. The Bertz CT molecular complexity index is 23.6. The summed E-state index contributed by atoms with van der Waals surface area (Å²) in [6.07, 6.45) is 4.22. The molecule has 1 fully saturated rings. The average Bonchev–Trinajstić information content (AvgIpc) is 1.72. The van der Waals surface area contributed by atoms with Gasteiger partial charge in [0, 0.05) is 0 Å². The van der Waals surface area contributed by atoms with Crippen LogP contribution < -0.4 is 5.32 Å². The first kappa shape index (κ1) is 7.50. The topological polar surface area (TPSA) is 12.0 Å². The van der Waals surface area contributed by atoms with Gasteiger partial charge in [0.25, 0.3) is 0 Å². The van der Waals surface area contributed by atoms with Crippen molar-refractivity contribution < 1.29 is 0 Å². The van der Waals surface area contributed by atoms with E-state index in [1.807, 2.05) is 0 Å². The normalized spacial score (nSPS) is 20.6. The molecule has 0 bridgehead atoms. The Morgan fingerprint density at radius 1 is 0.857 bits per heavy atom. The van der Waals surface area contributed by atoms with Gasteiger partial charge in [-0.2, -0.15) is 0 Å². The van der Waals surface area contributed by atoms with Gasteiger partial charge in [-0.05, 0) is 25.9 Å². The Morgan fingerprint density at radius 2 is 1.43 bits per heavy atom. The van der Waals surface area contributed by atoms with Gasteiger partial charge >= 0.3 is 17.6 Å². The van der Waals surface area contributed by atoms with E-state index >= 15 is 0 Å². The van der Waals surface area contributed by atoms with E-state index in [1.54, 1.807) is 0 Å². The van der Waals surface area contributed by atoms with Gasteiger partial charge in [0.15, 0.2) is 0 Å². The van der Waals surface area contributed by atoms with Gasteiger partial charge in [-0.1, -0.05) is 6.42 Å². The number of nitrogens with one attached hydrogen (secondary N) is 1. The van der Waals surface area contributed by atoms with Crippen LogP contribution in [-0.4, -0.2) is 30.7 Å². The zero-order chi connectivity index (χ0) is 4.24. The van der Waals surface area contributed by atoms with Gasteiger partial charge in [0.05, 0.1) is 0 Å². The minimum atomic E-state index is 0. The van der Waals surface area contributed by atoms with Crippen molar-refractivity contribution in [2.24, 2.45) is 0 Å². The van der Waals surface area contributed by atoms with Crippen LogP contribution in [0.3, 0.4) is 0 Å². The van der Waals surface area contributed by atoms with Crippen LogP contribution in [0, 0.1) is 0 Å². The molecule has 44 valence electrons. The number of piperidine rings is 1. The third-order valence-electron chi connectivity index (χ3n) is 1.21. The molecule has 2 heteroatoms. The molecule has 1 aliphatic rings. The predicted molar refractivity (Wildman–Crippen MR) is 38.1 cm³/mol. The summed E-state index contributed by atoms with van der Waals surface area (Å²) >= 11 is 0. The van der Waals surface area contributed by atoms with E-state index < -0.39 is 0 Å². The van der Waals surface area contributed by atoms with Crippen molar-refractivity contribution in [2.45, 2.75) is 19.3 Å². The molecule has 0 aromatic rings. The van der Waals surface area contributed by atoms with Crippen LogP contribution in [0.2, 0.25) is 0 Å². The fourth-order valence-corrected chi connectivity index (χ4v) is 0.802. The Kier molecular flexibility index (Phi) is 4.99. The van der Waals surface area contributed by atoms with E-state index in [0.29, 0.717) is 0 Å². The predicted octanol–water partition coefficient (Wildman–Crippen LogP) is -0.692. The van der Waals surface area contributed by atoms with Crippen molar-refractivity contribution in [3.63, 3.8) is 0 Å². The summed E-state index contributed by atoms with van der Waals surface area (Å²) in [5.74, 6) is 0. The van der Waals surface area contributed by atoms with Crippen molar-refractivity contribution in [3.05, 3.63) is 0 Å². The zero-order valence-electron chi connectivity index (χ0n) is 4.04. The zero-order valence-corrected chi connectivity index (χ0v) is 4.04. The molecule has 1 rings (SSSR count). The molecule has 1 aliphatic heterocycles. The van der Waals surface area contributed by atoms with Crippen molar-refractivity contribution in [1.82, 2.24) is 5.32 Å². The molecule has 0 aliphatic carbocycles. The standard InChI is InChI=1S/C5H11N.GeH4/c1-2-4-6-5-3-1;/h6H,1-5H2;1H4. The summed E-state index contributed by atoms with van der Waals surface area (Å²) in [4.78, 5) is 0. The molecular formula is C5H15GeN. The van der Waals surface area contributed by atoms with Crippen molar-refractivity contribution in [3.8, 4) is 0 Å². The molecule has 0 aromatic heterocycles. The molecule has 0 amide bonds. The quantitative estimate of drug-likeness (QED) is 0.464. The number of hydrogen-bond donors (Lipinski definition) is 1. The maximum atomic E-state index is 3.28. The average molecular weight is 162 g/mol. The molecule has 0 spiro atoms. The van der Waals surface area contributed by atoms with Gasteiger partial charge in [0.1, 0.15) is 0 Å². The number of hydrogen-bond acceptors (Lipinski definition) is 1.